The first kappa shape index (κ1) is 10.9. The van der Waals surface area contributed by atoms with Gasteiger partial charge in [0.05, 0.1) is 12.7 Å². The zero-order valence-electron chi connectivity index (χ0n) is 9.83. The summed E-state index contributed by atoms with van der Waals surface area (Å²) >= 11 is 0. The van der Waals surface area contributed by atoms with Crippen LogP contribution >= 0.6 is 0 Å². The third kappa shape index (κ3) is 2.33. The number of rotatable bonds is 3. The van der Waals surface area contributed by atoms with Crippen LogP contribution in [0, 0.1) is 11.8 Å². The summed E-state index contributed by atoms with van der Waals surface area (Å²) in [5.74, 6) is 1.49. The second-order valence-corrected chi connectivity index (χ2v) is 5.30. The van der Waals surface area contributed by atoms with Crippen LogP contribution in [0.2, 0.25) is 0 Å². The van der Waals surface area contributed by atoms with Gasteiger partial charge in [0.15, 0.2) is 0 Å². The van der Waals surface area contributed by atoms with Gasteiger partial charge in [0, 0.05) is 6.54 Å². The van der Waals surface area contributed by atoms with Crippen LogP contribution in [0.25, 0.3) is 0 Å². The van der Waals surface area contributed by atoms with E-state index < -0.39 is 0 Å². The Balaban J connectivity index is 1.86. The molecule has 0 aromatic rings. The Morgan fingerprint density at radius 3 is 2.60 bits per heavy atom. The first-order valence-corrected chi connectivity index (χ1v) is 6.20. The number of hydrogen-bond donors (Lipinski definition) is 1. The molecule has 15 heavy (non-hydrogen) atoms. The molecule has 0 aromatic carbocycles. The van der Waals surface area contributed by atoms with Gasteiger partial charge >= 0.3 is 0 Å². The normalized spacial score (nSPS) is 28.3. The predicted octanol–water partition coefficient (Wildman–Crippen LogP) is 1.59. The summed E-state index contributed by atoms with van der Waals surface area (Å²) in [6, 6.07) is 0.0615. The first-order valence-electron chi connectivity index (χ1n) is 6.20. The summed E-state index contributed by atoms with van der Waals surface area (Å²) in [7, 11) is 0. The number of nitrogens with one attached hydrogen (secondary N) is 1. The molecule has 1 amide bonds. The summed E-state index contributed by atoms with van der Waals surface area (Å²) in [5, 5.41) is 3.31. The third-order valence-corrected chi connectivity index (χ3v) is 3.70. The lowest BCUT2D eigenvalue weighted by Gasteiger charge is -2.20. The topological polar surface area (TPSA) is 32.3 Å². The lowest BCUT2D eigenvalue weighted by Crippen LogP contribution is -2.36. The van der Waals surface area contributed by atoms with Gasteiger partial charge in [-0.25, -0.2) is 0 Å². The van der Waals surface area contributed by atoms with Crippen molar-refractivity contribution in [2.75, 3.05) is 13.2 Å². The molecule has 0 radical (unpaired) electrons. The standard InChI is InChI=1S/C12H22N2O/c1-9(2)11-12(15)14(8-13-11)7-10-5-3-4-6-10/h9-11,13H,3-8H2,1-2H3. The van der Waals surface area contributed by atoms with Gasteiger partial charge in [-0.2, -0.15) is 0 Å². The van der Waals surface area contributed by atoms with E-state index in [-0.39, 0.29) is 6.04 Å². The minimum absolute atomic E-state index is 0.0615. The van der Waals surface area contributed by atoms with Crippen LogP contribution in [-0.4, -0.2) is 30.1 Å². The second kappa shape index (κ2) is 4.52. The number of amides is 1. The molecule has 1 saturated carbocycles. The van der Waals surface area contributed by atoms with Crippen molar-refractivity contribution < 1.29 is 4.79 Å². The molecule has 1 aliphatic heterocycles. The Labute approximate surface area is 92.2 Å². The average molecular weight is 210 g/mol. The van der Waals surface area contributed by atoms with Crippen molar-refractivity contribution in [3.8, 4) is 0 Å². The number of carbonyl (C=O) groups excluding carboxylic acids is 1. The number of hydrogen-bond acceptors (Lipinski definition) is 2. The van der Waals surface area contributed by atoms with Gasteiger partial charge in [-0.05, 0) is 24.7 Å². The van der Waals surface area contributed by atoms with Crippen LogP contribution in [0.1, 0.15) is 39.5 Å². The third-order valence-electron chi connectivity index (χ3n) is 3.70. The molecular formula is C12H22N2O. The van der Waals surface area contributed by atoms with E-state index in [1.165, 1.54) is 25.7 Å². The van der Waals surface area contributed by atoms with Crippen LogP contribution in [0.4, 0.5) is 0 Å². The molecule has 2 aliphatic rings. The molecule has 3 nitrogen and oxygen atoms in total. The van der Waals surface area contributed by atoms with E-state index in [9.17, 15) is 4.79 Å². The lowest BCUT2D eigenvalue weighted by molar-refractivity contribution is -0.130. The number of nitrogens with zero attached hydrogens (tertiary/aromatic N) is 1. The van der Waals surface area contributed by atoms with Gasteiger partial charge in [0.25, 0.3) is 0 Å². The molecule has 0 bridgehead atoms. The molecule has 2 rings (SSSR count). The smallest absolute Gasteiger partial charge is 0.241 e. The largest absolute Gasteiger partial charge is 0.328 e. The highest BCUT2D eigenvalue weighted by molar-refractivity contribution is 5.84. The molecule has 2 fully saturated rings. The average Bonchev–Trinajstić information content (AvgIpc) is 2.78. The van der Waals surface area contributed by atoms with Crippen LogP contribution in [0.3, 0.4) is 0 Å². The van der Waals surface area contributed by atoms with Crippen molar-refractivity contribution in [2.24, 2.45) is 11.8 Å². The van der Waals surface area contributed by atoms with Crippen LogP contribution < -0.4 is 5.32 Å². The van der Waals surface area contributed by atoms with Crippen LogP contribution in [-0.2, 0) is 4.79 Å². The highest BCUT2D eigenvalue weighted by Gasteiger charge is 2.34. The molecule has 0 aromatic heterocycles. The molecule has 1 heterocycles. The van der Waals surface area contributed by atoms with Crippen LogP contribution in [0.5, 0.6) is 0 Å². The van der Waals surface area contributed by atoms with Gasteiger partial charge < -0.3 is 4.90 Å². The van der Waals surface area contributed by atoms with Crippen molar-refractivity contribution in [3.05, 3.63) is 0 Å². The van der Waals surface area contributed by atoms with E-state index in [0.29, 0.717) is 11.8 Å². The van der Waals surface area contributed by atoms with Gasteiger partial charge in [0.1, 0.15) is 0 Å². The van der Waals surface area contributed by atoms with E-state index >= 15 is 0 Å². The van der Waals surface area contributed by atoms with Gasteiger partial charge in [-0.1, -0.05) is 26.7 Å². The lowest BCUT2D eigenvalue weighted by atomic mass is 10.0. The minimum Gasteiger partial charge on any atom is -0.328 e. The van der Waals surface area contributed by atoms with E-state index in [2.05, 4.69) is 19.2 Å². The Morgan fingerprint density at radius 2 is 2.07 bits per heavy atom. The van der Waals surface area contributed by atoms with Crippen molar-refractivity contribution in [1.82, 2.24) is 10.2 Å². The van der Waals surface area contributed by atoms with Crippen molar-refractivity contribution >= 4 is 5.91 Å². The second-order valence-electron chi connectivity index (χ2n) is 5.30. The minimum atomic E-state index is 0.0615. The van der Waals surface area contributed by atoms with Crippen LogP contribution in [0.15, 0.2) is 0 Å². The highest BCUT2D eigenvalue weighted by atomic mass is 16.2. The summed E-state index contributed by atoms with van der Waals surface area (Å²) in [6.45, 7) is 5.95. The Morgan fingerprint density at radius 1 is 1.40 bits per heavy atom. The predicted molar refractivity (Wildman–Crippen MR) is 60.3 cm³/mol. The van der Waals surface area contributed by atoms with Gasteiger partial charge in [-0.15, -0.1) is 0 Å². The Kier molecular flexibility index (Phi) is 3.29. The maximum Gasteiger partial charge on any atom is 0.241 e. The Hall–Kier alpha value is -0.570. The first-order chi connectivity index (χ1) is 7.18. The van der Waals surface area contributed by atoms with Gasteiger partial charge in [-0.3, -0.25) is 10.1 Å². The maximum absolute atomic E-state index is 12.0. The molecule has 1 N–H and O–H groups in total. The maximum atomic E-state index is 12.0. The monoisotopic (exact) mass is 210 g/mol. The molecule has 3 heteroatoms. The van der Waals surface area contributed by atoms with Crippen molar-refractivity contribution in [1.29, 1.82) is 0 Å². The fraction of sp³-hybridized carbons (Fsp3) is 0.917. The van der Waals surface area contributed by atoms with E-state index in [4.69, 9.17) is 0 Å². The quantitative estimate of drug-likeness (QED) is 0.767. The van der Waals surface area contributed by atoms with E-state index in [1.54, 1.807) is 0 Å². The SMILES string of the molecule is CC(C)C1NCN(CC2CCCC2)C1=O. The van der Waals surface area contributed by atoms with Crippen molar-refractivity contribution in [3.63, 3.8) is 0 Å². The van der Waals surface area contributed by atoms with Crippen molar-refractivity contribution in [2.45, 2.75) is 45.6 Å². The summed E-state index contributed by atoms with van der Waals surface area (Å²) in [5.41, 5.74) is 0. The van der Waals surface area contributed by atoms with E-state index in [1.807, 2.05) is 4.90 Å². The number of carbonyl (C=O) groups is 1. The highest BCUT2D eigenvalue weighted by Crippen LogP contribution is 2.26. The fourth-order valence-electron chi connectivity index (χ4n) is 2.75. The molecule has 1 atom stereocenters. The molecule has 86 valence electrons. The van der Waals surface area contributed by atoms with E-state index in [0.717, 1.165) is 19.1 Å². The zero-order chi connectivity index (χ0) is 10.8. The Bertz CT molecular complexity index is 234. The molecule has 1 unspecified atom stereocenters. The molecular weight excluding hydrogens is 188 g/mol. The molecule has 0 spiro atoms. The summed E-state index contributed by atoms with van der Waals surface area (Å²) in [6.07, 6.45) is 5.34. The fourth-order valence-corrected chi connectivity index (χ4v) is 2.75. The molecule has 1 aliphatic carbocycles. The summed E-state index contributed by atoms with van der Waals surface area (Å²) in [4.78, 5) is 14.0. The molecule has 1 saturated heterocycles. The van der Waals surface area contributed by atoms with Gasteiger partial charge in [0.2, 0.25) is 5.91 Å². The summed E-state index contributed by atoms with van der Waals surface area (Å²) < 4.78 is 0. The zero-order valence-corrected chi connectivity index (χ0v) is 9.83.